The number of thioether (sulfide) groups is 1. The molecule has 0 spiro atoms. The zero-order chi connectivity index (χ0) is 21.7. The Hall–Kier alpha value is -2.88. The Morgan fingerprint density at radius 3 is 2.47 bits per heavy atom. The smallest absolute Gasteiger partial charge is 0.345 e. The molecule has 0 radical (unpaired) electrons. The maximum atomic E-state index is 13.3. The monoisotopic (exact) mass is 438 g/mol. The average Bonchev–Trinajstić information content (AvgIpc) is 3.13. The summed E-state index contributed by atoms with van der Waals surface area (Å²) in [4.78, 5) is 12.4. The molecule has 0 aliphatic heterocycles. The third kappa shape index (κ3) is 4.99. The van der Waals surface area contributed by atoms with Crippen LogP contribution in [0.5, 0.6) is 0 Å². The van der Waals surface area contributed by atoms with Crippen LogP contribution in [0.1, 0.15) is 35.1 Å². The van der Waals surface area contributed by atoms with Crippen molar-refractivity contribution in [2.75, 3.05) is 5.75 Å². The van der Waals surface area contributed by atoms with Crippen LogP contribution in [-0.2, 0) is 12.7 Å². The maximum absolute atomic E-state index is 13.3. The first kappa shape index (κ1) is 21.8. The summed E-state index contributed by atoms with van der Waals surface area (Å²) in [5.41, 5.74) is -0.903. The Bertz CT molecular complexity index is 1020. The van der Waals surface area contributed by atoms with Crippen LogP contribution in [0.2, 0.25) is 0 Å². The molecule has 10 heteroatoms. The molecule has 0 saturated carbocycles. The largest absolute Gasteiger partial charge is 0.417 e. The molecule has 1 aromatic heterocycles. The van der Waals surface area contributed by atoms with Gasteiger partial charge in [-0.1, -0.05) is 30.8 Å². The normalized spacial score (nSPS) is 11.5. The molecule has 0 saturated heterocycles. The van der Waals surface area contributed by atoms with E-state index in [1.165, 1.54) is 36.0 Å². The first-order valence-electron chi connectivity index (χ1n) is 9.08. The molecule has 1 N–H and O–H groups in total. The van der Waals surface area contributed by atoms with Crippen LogP contribution in [0.15, 0.2) is 53.7 Å². The molecule has 2 aromatic carbocycles. The van der Waals surface area contributed by atoms with Crippen LogP contribution >= 0.6 is 11.8 Å². The van der Waals surface area contributed by atoms with Crippen molar-refractivity contribution in [3.63, 3.8) is 0 Å². The Kier molecular flexibility index (Phi) is 6.76. The number of amides is 1. The lowest BCUT2D eigenvalue weighted by Crippen LogP contribution is -2.27. The van der Waals surface area contributed by atoms with Crippen LogP contribution in [0.25, 0.3) is 5.69 Å². The van der Waals surface area contributed by atoms with Gasteiger partial charge >= 0.3 is 6.18 Å². The predicted octanol–water partition coefficient (Wildman–Crippen LogP) is 4.86. The van der Waals surface area contributed by atoms with Gasteiger partial charge < -0.3 is 5.32 Å². The summed E-state index contributed by atoms with van der Waals surface area (Å²) in [5.74, 6) is -0.199. The first-order valence-corrected chi connectivity index (χ1v) is 10.1. The highest BCUT2D eigenvalue weighted by atomic mass is 32.2. The van der Waals surface area contributed by atoms with E-state index in [9.17, 15) is 22.4 Å². The fourth-order valence-corrected chi connectivity index (χ4v) is 3.56. The van der Waals surface area contributed by atoms with Gasteiger partial charge in [-0.2, -0.15) is 13.2 Å². The number of nitrogens with zero attached hydrogens (tertiary/aromatic N) is 3. The molecular weight excluding hydrogens is 420 g/mol. The van der Waals surface area contributed by atoms with Crippen molar-refractivity contribution in [2.45, 2.75) is 31.2 Å². The summed E-state index contributed by atoms with van der Waals surface area (Å²) in [7, 11) is 0. The fourth-order valence-electron chi connectivity index (χ4n) is 2.73. The highest BCUT2D eigenvalue weighted by Crippen LogP contribution is 2.31. The summed E-state index contributed by atoms with van der Waals surface area (Å²) >= 11 is 1.44. The van der Waals surface area contributed by atoms with Gasteiger partial charge in [-0.15, -0.1) is 10.2 Å². The third-order valence-electron chi connectivity index (χ3n) is 4.10. The van der Waals surface area contributed by atoms with Gasteiger partial charge in [0.05, 0.1) is 17.7 Å². The number of hydrogen-bond donors (Lipinski definition) is 1. The van der Waals surface area contributed by atoms with Gasteiger partial charge in [-0.25, -0.2) is 4.39 Å². The Morgan fingerprint density at radius 2 is 1.80 bits per heavy atom. The van der Waals surface area contributed by atoms with Gasteiger partial charge in [-0.3, -0.25) is 9.36 Å². The van der Waals surface area contributed by atoms with E-state index < -0.39 is 29.0 Å². The topological polar surface area (TPSA) is 59.8 Å². The SMILES string of the molecule is CCCSc1nnc(CNC(=O)c2ccccc2C(F)(F)F)n1-c1ccc(F)cc1. The van der Waals surface area contributed by atoms with E-state index in [1.807, 2.05) is 6.92 Å². The minimum absolute atomic E-state index is 0.151. The molecular formula is C20H18F4N4OS. The van der Waals surface area contributed by atoms with Crippen molar-refractivity contribution in [1.29, 1.82) is 0 Å². The standard InChI is InChI=1S/C20H18F4N4OS/c1-2-11-30-19-27-26-17(28(19)14-9-7-13(21)8-10-14)12-25-18(29)15-5-3-4-6-16(15)20(22,23)24/h3-10H,2,11-12H2,1H3,(H,25,29). The van der Waals surface area contributed by atoms with Gasteiger partial charge in [0, 0.05) is 11.4 Å². The summed E-state index contributed by atoms with van der Waals surface area (Å²) in [6, 6.07) is 10.2. The zero-order valence-corrected chi connectivity index (χ0v) is 16.7. The van der Waals surface area contributed by atoms with Crippen LogP contribution in [0.4, 0.5) is 17.6 Å². The van der Waals surface area contributed by atoms with E-state index >= 15 is 0 Å². The van der Waals surface area contributed by atoms with E-state index in [0.717, 1.165) is 24.3 Å². The van der Waals surface area contributed by atoms with Gasteiger partial charge in [-0.05, 0) is 42.8 Å². The predicted molar refractivity (Wildman–Crippen MR) is 105 cm³/mol. The van der Waals surface area contributed by atoms with Crippen molar-refractivity contribution in [3.8, 4) is 5.69 Å². The highest BCUT2D eigenvalue weighted by Gasteiger charge is 2.34. The minimum Gasteiger partial charge on any atom is -0.345 e. The van der Waals surface area contributed by atoms with Gasteiger partial charge in [0.25, 0.3) is 5.91 Å². The van der Waals surface area contributed by atoms with Gasteiger partial charge in [0.2, 0.25) is 0 Å². The molecule has 0 bridgehead atoms. The lowest BCUT2D eigenvalue weighted by molar-refractivity contribution is -0.137. The number of nitrogens with one attached hydrogen (secondary N) is 1. The molecule has 0 aliphatic carbocycles. The van der Waals surface area contributed by atoms with Crippen LogP contribution < -0.4 is 5.32 Å². The second-order valence-electron chi connectivity index (χ2n) is 6.29. The van der Waals surface area contributed by atoms with Gasteiger partial charge in [0.15, 0.2) is 11.0 Å². The molecule has 0 fully saturated rings. The van der Waals surface area contributed by atoms with Crippen LogP contribution in [0.3, 0.4) is 0 Å². The van der Waals surface area contributed by atoms with Crippen molar-refractivity contribution < 1.29 is 22.4 Å². The van der Waals surface area contributed by atoms with E-state index in [-0.39, 0.29) is 6.54 Å². The minimum atomic E-state index is -4.65. The Balaban J connectivity index is 1.86. The maximum Gasteiger partial charge on any atom is 0.417 e. The molecule has 1 amide bonds. The number of benzene rings is 2. The molecule has 3 aromatic rings. The van der Waals surface area contributed by atoms with Crippen molar-refractivity contribution in [3.05, 3.63) is 71.3 Å². The van der Waals surface area contributed by atoms with Crippen molar-refractivity contribution in [1.82, 2.24) is 20.1 Å². The number of carbonyl (C=O) groups excluding carboxylic acids is 1. The third-order valence-corrected chi connectivity index (χ3v) is 5.24. The molecule has 158 valence electrons. The van der Waals surface area contributed by atoms with Crippen molar-refractivity contribution >= 4 is 17.7 Å². The highest BCUT2D eigenvalue weighted by molar-refractivity contribution is 7.99. The number of alkyl halides is 3. The quantitative estimate of drug-likeness (QED) is 0.423. The number of rotatable bonds is 7. The Morgan fingerprint density at radius 1 is 1.10 bits per heavy atom. The Labute approximate surface area is 174 Å². The second kappa shape index (κ2) is 9.29. The van der Waals surface area contributed by atoms with E-state index in [4.69, 9.17) is 0 Å². The molecule has 30 heavy (non-hydrogen) atoms. The molecule has 0 aliphatic rings. The fraction of sp³-hybridized carbons (Fsp3) is 0.250. The lowest BCUT2D eigenvalue weighted by Gasteiger charge is -2.13. The average molecular weight is 438 g/mol. The number of carbonyl (C=O) groups is 1. The summed E-state index contributed by atoms with van der Waals surface area (Å²) in [6.45, 7) is 1.85. The summed E-state index contributed by atoms with van der Waals surface area (Å²) < 4.78 is 54.5. The lowest BCUT2D eigenvalue weighted by atomic mass is 10.1. The number of halogens is 4. The van der Waals surface area contributed by atoms with E-state index in [1.54, 1.807) is 16.7 Å². The van der Waals surface area contributed by atoms with E-state index in [0.29, 0.717) is 16.7 Å². The molecule has 0 atom stereocenters. The molecule has 0 unspecified atom stereocenters. The number of hydrogen-bond acceptors (Lipinski definition) is 4. The van der Waals surface area contributed by atoms with Crippen molar-refractivity contribution in [2.24, 2.45) is 0 Å². The molecule has 5 nitrogen and oxygen atoms in total. The second-order valence-corrected chi connectivity index (χ2v) is 7.35. The molecule has 1 heterocycles. The molecule has 3 rings (SSSR count). The van der Waals surface area contributed by atoms with Gasteiger partial charge in [0.1, 0.15) is 5.82 Å². The summed E-state index contributed by atoms with van der Waals surface area (Å²) in [6.07, 6.45) is -3.76. The first-order chi connectivity index (χ1) is 14.3. The number of aromatic nitrogens is 3. The van der Waals surface area contributed by atoms with Crippen LogP contribution in [0, 0.1) is 5.82 Å². The van der Waals surface area contributed by atoms with Crippen LogP contribution in [-0.4, -0.2) is 26.4 Å². The summed E-state index contributed by atoms with van der Waals surface area (Å²) in [5, 5.41) is 11.2. The zero-order valence-electron chi connectivity index (χ0n) is 15.9. The van der Waals surface area contributed by atoms with E-state index in [2.05, 4.69) is 15.5 Å².